The van der Waals surface area contributed by atoms with Gasteiger partial charge in [-0.05, 0) is 48.0 Å². The molecule has 1 aromatic heterocycles. The molecule has 0 aliphatic carbocycles. The molecular weight excluding hydrogens is 282 g/mol. The van der Waals surface area contributed by atoms with Gasteiger partial charge in [0.25, 0.3) is 0 Å². The van der Waals surface area contributed by atoms with Crippen molar-refractivity contribution in [2.75, 3.05) is 0 Å². The Kier molecular flexibility index (Phi) is 3.33. The summed E-state index contributed by atoms with van der Waals surface area (Å²) in [7, 11) is 0. The molecule has 1 N–H and O–H groups in total. The van der Waals surface area contributed by atoms with E-state index < -0.39 is 0 Å². The second-order valence-corrected chi connectivity index (χ2v) is 4.57. The number of pyridine rings is 1. The lowest BCUT2D eigenvalue weighted by atomic mass is 10.2. The van der Waals surface area contributed by atoms with Crippen molar-refractivity contribution in [3.8, 4) is 17.4 Å². The number of ether oxygens (including phenoxy) is 1. The predicted molar refractivity (Wildman–Crippen MR) is 69.6 cm³/mol. The van der Waals surface area contributed by atoms with Gasteiger partial charge < -0.3 is 9.84 Å². The van der Waals surface area contributed by atoms with Crippen molar-refractivity contribution in [1.29, 1.82) is 0 Å². The van der Waals surface area contributed by atoms with E-state index in [2.05, 4.69) is 20.9 Å². The lowest BCUT2D eigenvalue weighted by Gasteiger charge is -2.09. The van der Waals surface area contributed by atoms with E-state index in [0.29, 0.717) is 17.2 Å². The zero-order valence-corrected chi connectivity index (χ0v) is 11.2. The SMILES string of the molecule is Cc1nc(Oc2cccc(O)c2C)ccc1Br. The number of nitrogens with zero attached hydrogens (tertiary/aromatic N) is 1. The third-order valence-electron chi connectivity index (χ3n) is 2.47. The summed E-state index contributed by atoms with van der Waals surface area (Å²) in [6.07, 6.45) is 0. The van der Waals surface area contributed by atoms with Crippen molar-refractivity contribution < 1.29 is 9.84 Å². The molecule has 1 heterocycles. The smallest absolute Gasteiger partial charge is 0.219 e. The predicted octanol–water partition coefficient (Wildman–Crippen LogP) is 3.96. The van der Waals surface area contributed by atoms with E-state index in [0.717, 1.165) is 10.2 Å². The van der Waals surface area contributed by atoms with Gasteiger partial charge in [0.1, 0.15) is 11.5 Å². The van der Waals surface area contributed by atoms with Gasteiger partial charge in [-0.3, -0.25) is 0 Å². The number of phenolic OH excluding ortho intramolecular Hbond substituents is 1. The summed E-state index contributed by atoms with van der Waals surface area (Å²) in [4.78, 5) is 4.29. The topological polar surface area (TPSA) is 42.4 Å². The van der Waals surface area contributed by atoms with Crippen molar-refractivity contribution in [2.45, 2.75) is 13.8 Å². The van der Waals surface area contributed by atoms with E-state index in [4.69, 9.17) is 4.74 Å². The highest BCUT2D eigenvalue weighted by atomic mass is 79.9. The van der Waals surface area contributed by atoms with Crippen LogP contribution in [0.5, 0.6) is 17.4 Å². The molecule has 0 aliphatic rings. The number of rotatable bonds is 2. The normalized spacial score (nSPS) is 10.3. The first-order valence-corrected chi connectivity index (χ1v) is 5.97. The van der Waals surface area contributed by atoms with Crippen LogP contribution in [-0.4, -0.2) is 10.1 Å². The largest absolute Gasteiger partial charge is 0.508 e. The Bertz CT molecular complexity index is 555. The van der Waals surface area contributed by atoms with Crippen molar-refractivity contribution in [3.63, 3.8) is 0 Å². The number of aromatic nitrogens is 1. The van der Waals surface area contributed by atoms with E-state index in [1.165, 1.54) is 0 Å². The summed E-state index contributed by atoms with van der Waals surface area (Å²) in [6, 6.07) is 8.83. The number of benzene rings is 1. The first-order valence-electron chi connectivity index (χ1n) is 5.17. The molecule has 0 unspecified atom stereocenters. The van der Waals surface area contributed by atoms with Gasteiger partial charge in [0, 0.05) is 16.1 Å². The molecule has 0 aliphatic heterocycles. The average Bonchev–Trinajstić information content (AvgIpc) is 2.30. The molecule has 0 amide bonds. The summed E-state index contributed by atoms with van der Waals surface area (Å²) >= 11 is 3.38. The van der Waals surface area contributed by atoms with Crippen LogP contribution in [0.25, 0.3) is 0 Å². The minimum atomic E-state index is 0.219. The van der Waals surface area contributed by atoms with Crippen molar-refractivity contribution in [1.82, 2.24) is 4.98 Å². The van der Waals surface area contributed by atoms with Crippen LogP contribution in [0.1, 0.15) is 11.3 Å². The molecule has 2 rings (SSSR count). The molecular formula is C13H12BrNO2. The molecule has 0 radical (unpaired) electrons. The number of aryl methyl sites for hydroxylation is 1. The molecule has 0 bridgehead atoms. The van der Waals surface area contributed by atoms with E-state index >= 15 is 0 Å². The van der Waals surface area contributed by atoms with Gasteiger partial charge in [-0.15, -0.1) is 0 Å². The third kappa shape index (κ3) is 2.58. The Balaban J connectivity index is 2.31. The Morgan fingerprint density at radius 2 is 1.94 bits per heavy atom. The number of halogens is 1. The molecule has 0 spiro atoms. The third-order valence-corrected chi connectivity index (χ3v) is 3.30. The average molecular weight is 294 g/mol. The maximum atomic E-state index is 9.57. The second kappa shape index (κ2) is 4.75. The number of hydrogen-bond donors (Lipinski definition) is 1. The highest BCUT2D eigenvalue weighted by Gasteiger charge is 2.06. The van der Waals surface area contributed by atoms with Crippen LogP contribution >= 0.6 is 15.9 Å². The van der Waals surface area contributed by atoms with E-state index in [1.54, 1.807) is 31.2 Å². The quantitative estimate of drug-likeness (QED) is 0.911. The fourth-order valence-corrected chi connectivity index (χ4v) is 1.62. The molecule has 17 heavy (non-hydrogen) atoms. The minimum Gasteiger partial charge on any atom is -0.508 e. The molecule has 0 saturated heterocycles. The maximum absolute atomic E-state index is 9.57. The zero-order chi connectivity index (χ0) is 12.4. The first-order chi connectivity index (χ1) is 8.08. The summed E-state index contributed by atoms with van der Waals surface area (Å²) in [5, 5.41) is 9.57. The fourth-order valence-electron chi connectivity index (χ4n) is 1.40. The van der Waals surface area contributed by atoms with Crippen LogP contribution in [-0.2, 0) is 0 Å². The van der Waals surface area contributed by atoms with Crippen molar-refractivity contribution in [2.24, 2.45) is 0 Å². The number of phenols is 1. The molecule has 0 fully saturated rings. The van der Waals surface area contributed by atoms with Gasteiger partial charge in [0.05, 0.1) is 5.69 Å². The van der Waals surface area contributed by atoms with Gasteiger partial charge in [-0.1, -0.05) is 6.07 Å². The Morgan fingerprint density at radius 3 is 2.65 bits per heavy atom. The van der Waals surface area contributed by atoms with Crippen molar-refractivity contribution >= 4 is 15.9 Å². The Morgan fingerprint density at radius 1 is 1.18 bits per heavy atom. The molecule has 0 saturated carbocycles. The van der Waals surface area contributed by atoms with E-state index in [1.807, 2.05) is 13.0 Å². The zero-order valence-electron chi connectivity index (χ0n) is 9.57. The monoisotopic (exact) mass is 293 g/mol. The molecule has 0 atom stereocenters. The fraction of sp³-hybridized carbons (Fsp3) is 0.154. The van der Waals surface area contributed by atoms with Crippen LogP contribution in [0.4, 0.5) is 0 Å². The lowest BCUT2D eigenvalue weighted by molar-refractivity contribution is 0.438. The summed E-state index contributed by atoms with van der Waals surface area (Å²) in [5.74, 6) is 1.34. The molecule has 3 nitrogen and oxygen atoms in total. The van der Waals surface area contributed by atoms with Gasteiger partial charge in [-0.25, -0.2) is 4.98 Å². The van der Waals surface area contributed by atoms with Crippen LogP contribution in [0, 0.1) is 13.8 Å². The van der Waals surface area contributed by atoms with Crippen molar-refractivity contribution in [3.05, 3.63) is 46.1 Å². The summed E-state index contributed by atoms with van der Waals surface area (Å²) in [6.45, 7) is 3.70. The van der Waals surface area contributed by atoms with Crippen LogP contribution in [0.15, 0.2) is 34.8 Å². The number of hydrogen-bond acceptors (Lipinski definition) is 3. The van der Waals surface area contributed by atoms with Crippen LogP contribution in [0.2, 0.25) is 0 Å². The Hall–Kier alpha value is -1.55. The molecule has 1 aromatic carbocycles. The van der Waals surface area contributed by atoms with Crippen LogP contribution in [0.3, 0.4) is 0 Å². The van der Waals surface area contributed by atoms with Gasteiger partial charge in [-0.2, -0.15) is 0 Å². The lowest BCUT2D eigenvalue weighted by Crippen LogP contribution is -1.92. The van der Waals surface area contributed by atoms with Crippen LogP contribution < -0.4 is 4.74 Å². The summed E-state index contributed by atoms with van der Waals surface area (Å²) in [5.41, 5.74) is 1.56. The van der Waals surface area contributed by atoms with Gasteiger partial charge in [0.15, 0.2) is 0 Å². The Labute approximate surface area is 108 Å². The number of aromatic hydroxyl groups is 1. The summed E-state index contributed by atoms with van der Waals surface area (Å²) < 4.78 is 6.58. The van der Waals surface area contributed by atoms with Gasteiger partial charge in [0.2, 0.25) is 5.88 Å². The van der Waals surface area contributed by atoms with Gasteiger partial charge >= 0.3 is 0 Å². The minimum absolute atomic E-state index is 0.219. The molecule has 4 heteroatoms. The maximum Gasteiger partial charge on any atom is 0.219 e. The molecule has 88 valence electrons. The highest BCUT2D eigenvalue weighted by Crippen LogP contribution is 2.30. The standard InChI is InChI=1S/C13H12BrNO2/c1-8-11(16)4-3-5-12(8)17-13-7-6-10(14)9(2)15-13/h3-7,16H,1-2H3. The first kappa shape index (κ1) is 11.9. The highest BCUT2D eigenvalue weighted by molar-refractivity contribution is 9.10. The molecule has 2 aromatic rings. The van der Waals surface area contributed by atoms with E-state index in [-0.39, 0.29) is 5.75 Å². The second-order valence-electron chi connectivity index (χ2n) is 3.72. The van der Waals surface area contributed by atoms with E-state index in [9.17, 15) is 5.11 Å².